The van der Waals surface area contributed by atoms with Crippen LogP contribution >= 0.6 is 20.0 Å². The van der Waals surface area contributed by atoms with Crippen molar-refractivity contribution >= 4 is 75.2 Å². The number of aromatic nitrogens is 3. The monoisotopic (exact) mass is 756 g/mol. The Balaban J connectivity index is 1.07. The van der Waals surface area contributed by atoms with Gasteiger partial charge in [0.2, 0.25) is 0 Å². The van der Waals surface area contributed by atoms with E-state index in [4.69, 9.17) is 11.4 Å². The Labute approximate surface area is 291 Å². The summed E-state index contributed by atoms with van der Waals surface area (Å²) in [6, 6.07) is 24.0. The maximum absolute atomic E-state index is 13.7. The Morgan fingerprint density at radius 1 is 1.02 bits per heavy atom. The number of carbonyl (C=O) groups is 1. The number of hydrogen-bond acceptors (Lipinski definition) is 9. The van der Waals surface area contributed by atoms with Crippen LogP contribution in [0.25, 0.3) is 22.2 Å². The molecular formula is C35H33AsN6O3S3. The Morgan fingerprint density at radius 2 is 1.77 bits per heavy atom. The molecule has 2 aliphatic heterocycles. The molecule has 0 unspecified atom stereocenters. The van der Waals surface area contributed by atoms with E-state index in [0.29, 0.717) is 46.8 Å². The van der Waals surface area contributed by atoms with Gasteiger partial charge in [0.15, 0.2) is 0 Å². The van der Waals surface area contributed by atoms with E-state index in [1.807, 2.05) is 24.3 Å². The van der Waals surface area contributed by atoms with Gasteiger partial charge < -0.3 is 0 Å². The van der Waals surface area contributed by atoms with Crippen molar-refractivity contribution in [1.29, 1.82) is 0 Å². The molecule has 244 valence electrons. The topological polar surface area (TPSA) is 109 Å². The van der Waals surface area contributed by atoms with Gasteiger partial charge in [-0.25, -0.2) is 22.4 Å². The normalized spacial score (nSPS) is 17.3. The minimum Gasteiger partial charge on any atom is -0.240 e. The van der Waals surface area contributed by atoms with Crippen LogP contribution in [0.5, 0.6) is 0 Å². The zero-order valence-corrected chi connectivity index (χ0v) is 30.3. The zero-order chi connectivity index (χ0) is 33.1. The number of fused-ring (bicyclic) bond motifs is 1. The molecule has 48 heavy (non-hydrogen) atoms. The summed E-state index contributed by atoms with van der Waals surface area (Å²) in [4.78, 5) is 24.6. The largest absolute Gasteiger partial charge is 0.268 e. The summed E-state index contributed by atoms with van der Waals surface area (Å²) in [5.41, 5.74) is 2.88. The molecule has 2 aromatic heterocycles. The van der Waals surface area contributed by atoms with Gasteiger partial charge in [-0.1, -0.05) is 42.3 Å². The first-order chi connectivity index (χ1) is 23.4. The number of anilines is 2. The number of amides is 1. The summed E-state index contributed by atoms with van der Waals surface area (Å²) in [5.74, 6) is 5.51. The molecule has 4 heterocycles. The molecule has 0 radical (unpaired) electrons. The predicted molar refractivity (Wildman–Crippen MR) is 198 cm³/mol. The maximum atomic E-state index is 13.7. The molecule has 1 atom stereocenters. The van der Waals surface area contributed by atoms with E-state index < -0.39 is 22.4 Å². The summed E-state index contributed by atoms with van der Waals surface area (Å²) >= 11 is -1.03. The first kappa shape index (κ1) is 32.8. The maximum Gasteiger partial charge on any atom is 0.268 e. The molecule has 0 saturated carbocycles. The number of hydrogen-bond donors (Lipinski definition) is 2. The van der Waals surface area contributed by atoms with Crippen molar-refractivity contribution in [3.05, 3.63) is 96.8 Å². The van der Waals surface area contributed by atoms with Gasteiger partial charge >= 0.3 is 149 Å². The average Bonchev–Trinajstić information content (AvgIpc) is 3.79. The van der Waals surface area contributed by atoms with E-state index in [1.54, 1.807) is 54.9 Å². The van der Waals surface area contributed by atoms with E-state index >= 15 is 0 Å². The molecule has 3 aromatic carbocycles. The van der Waals surface area contributed by atoms with E-state index in [1.165, 1.54) is 19.8 Å². The van der Waals surface area contributed by atoms with Gasteiger partial charge in [-0.05, 0) is 18.2 Å². The van der Waals surface area contributed by atoms with Crippen LogP contribution in [-0.2, 0) is 14.8 Å². The SMILES string of the molecule is C#Cc1cnc(N[C@@H]2CCCN(CC(=O)Nc3ccc([As]4SCCS4)cc3)C2)nc1-c1cn(S(=O)(=O)c2ccccc2)c2ccccc12. The van der Waals surface area contributed by atoms with Crippen LogP contribution in [0.15, 0.2) is 96.2 Å². The summed E-state index contributed by atoms with van der Waals surface area (Å²) in [6.45, 7) is 1.77. The summed E-state index contributed by atoms with van der Waals surface area (Å²) in [7, 11) is 0.341. The average molecular weight is 757 g/mol. The molecule has 7 rings (SSSR count). The van der Waals surface area contributed by atoms with Crippen LogP contribution in [0, 0.1) is 12.3 Å². The van der Waals surface area contributed by atoms with Crippen molar-refractivity contribution in [1.82, 2.24) is 18.8 Å². The fourth-order valence-electron chi connectivity index (χ4n) is 6.00. The number of carbonyl (C=O) groups excluding carboxylic acids is 1. The number of likely N-dealkylation sites (tertiary alicyclic amines) is 1. The molecule has 9 nitrogen and oxygen atoms in total. The molecule has 0 aliphatic carbocycles. The Hall–Kier alpha value is -3.72. The number of nitrogens with zero attached hydrogens (tertiary/aromatic N) is 4. The van der Waals surface area contributed by atoms with Gasteiger partial charge in [-0.3, -0.25) is 0 Å². The quantitative estimate of drug-likeness (QED) is 0.159. The van der Waals surface area contributed by atoms with E-state index in [-0.39, 0.29) is 16.8 Å². The van der Waals surface area contributed by atoms with E-state index in [9.17, 15) is 13.2 Å². The molecule has 1 amide bonds. The molecule has 2 aliphatic rings. The molecule has 2 saturated heterocycles. The second kappa shape index (κ2) is 14.4. The smallest absolute Gasteiger partial charge is 0.240 e. The van der Waals surface area contributed by atoms with E-state index in [0.717, 1.165) is 25.1 Å². The van der Waals surface area contributed by atoms with Crippen LogP contribution in [-0.4, -0.2) is 82.7 Å². The molecule has 2 N–H and O–H groups in total. The van der Waals surface area contributed by atoms with Crippen molar-refractivity contribution in [3.63, 3.8) is 0 Å². The predicted octanol–water partition coefficient (Wildman–Crippen LogP) is 5.01. The van der Waals surface area contributed by atoms with Gasteiger partial charge in [0.05, 0.1) is 21.7 Å². The molecule has 13 heteroatoms. The third kappa shape index (κ3) is 7.02. The standard InChI is InChI=1S/C35H33AsN6O3S3/c1-2-25-21-37-35(40-34(25)31-23-42(32-13-7-6-12-30(31)32)48(44,45)29-10-4-3-5-11-29)39-28-9-8-18-41(22-28)24-33(43)38-27-16-14-26(15-17-27)36-46-19-20-47-36/h1,3-7,10-17,21,23,28H,8-9,18-20,22,24H2,(H,38,43)(H,37,39,40)/t28-/m1/s1. The van der Waals surface area contributed by atoms with Crippen LogP contribution in [0.3, 0.4) is 0 Å². The van der Waals surface area contributed by atoms with Crippen molar-refractivity contribution in [2.75, 3.05) is 41.8 Å². The first-order valence-corrected chi connectivity index (χ1v) is 24.4. The van der Waals surface area contributed by atoms with Crippen molar-refractivity contribution in [2.24, 2.45) is 0 Å². The third-order valence-corrected chi connectivity index (χ3v) is 23.7. The summed E-state index contributed by atoms with van der Waals surface area (Å²) in [6.07, 6.45) is 10.9. The number of piperidine rings is 1. The Bertz CT molecular complexity index is 2100. The molecule has 0 bridgehead atoms. The number of para-hydroxylation sites is 1. The van der Waals surface area contributed by atoms with Gasteiger partial charge in [0, 0.05) is 23.3 Å². The molecular weight excluding hydrogens is 724 g/mol. The van der Waals surface area contributed by atoms with Gasteiger partial charge in [-0.15, -0.1) is 6.42 Å². The first-order valence-electron chi connectivity index (χ1n) is 15.6. The number of terminal acetylenes is 1. The van der Waals surface area contributed by atoms with Crippen LogP contribution in [0.2, 0.25) is 0 Å². The summed E-state index contributed by atoms with van der Waals surface area (Å²) in [5, 5.41) is 7.22. The zero-order valence-electron chi connectivity index (χ0n) is 26.0. The van der Waals surface area contributed by atoms with Crippen LogP contribution in [0.4, 0.5) is 11.6 Å². The van der Waals surface area contributed by atoms with Gasteiger partial charge in [-0.2, -0.15) is 0 Å². The van der Waals surface area contributed by atoms with Crippen LogP contribution < -0.4 is 15.0 Å². The molecule has 2 fully saturated rings. The van der Waals surface area contributed by atoms with E-state index in [2.05, 4.69) is 58.6 Å². The Morgan fingerprint density at radius 3 is 2.54 bits per heavy atom. The van der Waals surface area contributed by atoms with Gasteiger partial charge in [0.25, 0.3) is 10.0 Å². The molecule has 5 aromatic rings. The van der Waals surface area contributed by atoms with Crippen molar-refractivity contribution in [2.45, 2.75) is 23.8 Å². The van der Waals surface area contributed by atoms with Gasteiger partial charge in [0.1, 0.15) is 0 Å². The fourth-order valence-corrected chi connectivity index (χ4v) is 21.5. The molecule has 0 spiro atoms. The van der Waals surface area contributed by atoms with Crippen molar-refractivity contribution in [3.8, 4) is 23.6 Å². The second-order valence-corrected chi connectivity index (χ2v) is 25.1. The number of nitrogens with one attached hydrogen (secondary N) is 2. The van der Waals surface area contributed by atoms with Crippen LogP contribution in [0.1, 0.15) is 18.4 Å². The summed E-state index contributed by atoms with van der Waals surface area (Å²) < 4.78 is 30.1. The number of benzene rings is 3. The Kier molecular flexibility index (Phi) is 9.85. The van der Waals surface area contributed by atoms with Crippen molar-refractivity contribution < 1.29 is 13.2 Å². The third-order valence-electron chi connectivity index (χ3n) is 8.25. The fraction of sp³-hybridized carbons (Fsp3) is 0.229. The number of rotatable bonds is 9. The minimum absolute atomic E-state index is 0.0155. The minimum atomic E-state index is -3.88. The second-order valence-electron chi connectivity index (χ2n) is 11.5.